The highest BCUT2D eigenvalue weighted by Gasteiger charge is 2.08. The van der Waals surface area contributed by atoms with Gasteiger partial charge in [0, 0.05) is 4.90 Å². The van der Waals surface area contributed by atoms with Crippen molar-refractivity contribution in [1.29, 1.82) is 0 Å². The lowest BCUT2D eigenvalue weighted by Crippen LogP contribution is -2.13. The van der Waals surface area contributed by atoms with Gasteiger partial charge in [-0.1, -0.05) is 35.0 Å². The predicted octanol–water partition coefficient (Wildman–Crippen LogP) is 3.75. The number of benzene rings is 1. The molecule has 14 heavy (non-hydrogen) atoms. The number of hydrogen-bond acceptors (Lipinski definition) is 2. The Morgan fingerprint density at radius 3 is 2.29 bits per heavy atom. The minimum absolute atomic E-state index is 0.308. The minimum Gasteiger partial charge on any atom is -0.293 e. The van der Waals surface area contributed by atoms with Gasteiger partial charge in [-0.2, -0.15) is 0 Å². The van der Waals surface area contributed by atoms with Crippen LogP contribution in [0.25, 0.3) is 0 Å². The molecule has 1 atom stereocenters. The SMILES string of the molecule is CCSc1ccc(C(Br)N(C)C)cc1. The van der Waals surface area contributed by atoms with Crippen molar-refractivity contribution in [3.05, 3.63) is 29.8 Å². The smallest absolute Gasteiger partial charge is 0.0906 e. The molecule has 1 aromatic carbocycles. The zero-order valence-electron chi connectivity index (χ0n) is 8.83. The first-order valence-corrected chi connectivity index (χ1v) is 6.58. The van der Waals surface area contributed by atoms with Crippen LogP contribution in [0, 0.1) is 0 Å². The molecule has 78 valence electrons. The molecule has 0 amide bonds. The molecular formula is C11H16BrNS. The second kappa shape index (κ2) is 5.79. The van der Waals surface area contributed by atoms with Crippen LogP contribution >= 0.6 is 27.7 Å². The fourth-order valence-corrected chi connectivity index (χ4v) is 2.15. The quantitative estimate of drug-likeness (QED) is 0.467. The molecular weight excluding hydrogens is 258 g/mol. The highest BCUT2D eigenvalue weighted by molar-refractivity contribution is 9.09. The van der Waals surface area contributed by atoms with Gasteiger partial charge in [0.1, 0.15) is 0 Å². The van der Waals surface area contributed by atoms with Gasteiger partial charge in [0.2, 0.25) is 0 Å². The lowest BCUT2D eigenvalue weighted by Gasteiger charge is -2.18. The Kier molecular flexibility index (Phi) is 4.99. The summed E-state index contributed by atoms with van der Waals surface area (Å²) in [5, 5.41) is 0. The average molecular weight is 274 g/mol. The van der Waals surface area contributed by atoms with Gasteiger partial charge in [0.05, 0.1) is 4.95 Å². The van der Waals surface area contributed by atoms with Crippen LogP contribution < -0.4 is 0 Å². The van der Waals surface area contributed by atoms with E-state index in [0.29, 0.717) is 4.95 Å². The number of halogens is 1. The van der Waals surface area contributed by atoms with Crippen LogP contribution in [0.3, 0.4) is 0 Å². The number of alkyl halides is 1. The van der Waals surface area contributed by atoms with E-state index in [-0.39, 0.29) is 0 Å². The Morgan fingerprint density at radius 2 is 1.86 bits per heavy atom. The van der Waals surface area contributed by atoms with E-state index in [4.69, 9.17) is 0 Å². The number of rotatable bonds is 4. The van der Waals surface area contributed by atoms with Crippen molar-refractivity contribution in [3.63, 3.8) is 0 Å². The predicted molar refractivity (Wildman–Crippen MR) is 68.2 cm³/mol. The van der Waals surface area contributed by atoms with Crippen molar-refractivity contribution >= 4 is 27.7 Å². The van der Waals surface area contributed by atoms with Crippen molar-refractivity contribution in [2.75, 3.05) is 19.8 Å². The molecule has 1 unspecified atom stereocenters. The van der Waals surface area contributed by atoms with E-state index in [1.165, 1.54) is 10.5 Å². The van der Waals surface area contributed by atoms with Crippen LogP contribution in [-0.4, -0.2) is 24.7 Å². The first-order valence-electron chi connectivity index (χ1n) is 4.68. The normalized spacial score (nSPS) is 13.2. The Hall–Kier alpha value is 0.01000. The second-order valence-corrected chi connectivity index (χ2v) is 5.51. The molecule has 0 saturated carbocycles. The van der Waals surface area contributed by atoms with Gasteiger partial charge >= 0.3 is 0 Å². The molecule has 3 heteroatoms. The molecule has 1 rings (SSSR count). The lowest BCUT2D eigenvalue weighted by molar-refractivity contribution is 0.398. The topological polar surface area (TPSA) is 3.24 Å². The maximum absolute atomic E-state index is 3.63. The Morgan fingerprint density at radius 1 is 1.29 bits per heavy atom. The minimum atomic E-state index is 0.308. The van der Waals surface area contributed by atoms with Gasteiger partial charge in [-0.05, 0) is 37.5 Å². The summed E-state index contributed by atoms with van der Waals surface area (Å²) in [5.74, 6) is 1.13. The van der Waals surface area contributed by atoms with E-state index < -0.39 is 0 Å². The summed E-state index contributed by atoms with van der Waals surface area (Å²) in [7, 11) is 4.13. The van der Waals surface area contributed by atoms with Gasteiger partial charge < -0.3 is 0 Å². The van der Waals surface area contributed by atoms with E-state index in [1.807, 2.05) is 11.8 Å². The molecule has 0 saturated heterocycles. The molecule has 0 heterocycles. The molecule has 0 aliphatic carbocycles. The van der Waals surface area contributed by atoms with Gasteiger partial charge in [0.25, 0.3) is 0 Å². The summed E-state index contributed by atoms with van der Waals surface area (Å²) >= 11 is 5.51. The van der Waals surface area contributed by atoms with Crippen LogP contribution in [0.15, 0.2) is 29.2 Å². The van der Waals surface area contributed by atoms with Crippen LogP contribution in [0.2, 0.25) is 0 Å². The van der Waals surface area contributed by atoms with Crippen LogP contribution in [0.1, 0.15) is 17.4 Å². The summed E-state index contributed by atoms with van der Waals surface area (Å²) in [6.07, 6.45) is 0. The maximum Gasteiger partial charge on any atom is 0.0906 e. The van der Waals surface area contributed by atoms with Gasteiger partial charge in [-0.15, -0.1) is 11.8 Å². The summed E-state index contributed by atoms with van der Waals surface area (Å²) in [5.41, 5.74) is 1.30. The molecule has 0 N–H and O–H groups in total. The van der Waals surface area contributed by atoms with Gasteiger partial charge in [0.15, 0.2) is 0 Å². The average Bonchev–Trinajstić information content (AvgIpc) is 2.18. The molecule has 0 aromatic heterocycles. The van der Waals surface area contributed by atoms with Crippen molar-refractivity contribution in [2.45, 2.75) is 16.8 Å². The van der Waals surface area contributed by atoms with Gasteiger partial charge in [-0.25, -0.2) is 0 Å². The number of thioether (sulfide) groups is 1. The summed E-state index contributed by atoms with van der Waals surface area (Å²) in [6, 6.07) is 8.72. The first kappa shape index (κ1) is 12.1. The van der Waals surface area contributed by atoms with E-state index in [9.17, 15) is 0 Å². The van der Waals surface area contributed by atoms with E-state index >= 15 is 0 Å². The zero-order valence-corrected chi connectivity index (χ0v) is 11.2. The molecule has 0 bridgehead atoms. The third-order valence-corrected chi connectivity index (χ3v) is 4.16. The first-order chi connectivity index (χ1) is 6.65. The van der Waals surface area contributed by atoms with Crippen LogP contribution in [-0.2, 0) is 0 Å². The summed E-state index contributed by atoms with van der Waals surface area (Å²) in [6.45, 7) is 2.17. The number of nitrogens with zero attached hydrogens (tertiary/aromatic N) is 1. The van der Waals surface area contributed by atoms with Crippen LogP contribution in [0.5, 0.6) is 0 Å². The highest BCUT2D eigenvalue weighted by atomic mass is 79.9. The fraction of sp³-hybridized carbons (Fsp3) is 0.455. The zero-order chi connectivity index (χ0) is 10.6. The Balaban J connectivity index is 2.72. The maximum atomic E-state index is 3.63. The summed E-state index contributed by atoms with van der Waals surface area (Å²) < 4.78 is 0. The molecule has 0 aliphatic heterocycles. The summed E-state index contributed by atoms with van der Waals surface area (Å²) in [4.78, 5) is 3.79. The molecule has 0 fully saturated rings. The Bertz CT molecular complexity index is 271. The van der Waals surface area contributed by atoms with E-state index in [0.717, 1.165) is 5.75 Å². The highest BCUT2D eigenvalue weighted by Crippen LogP contribution is 2.26. The molecule has 0 aliphatic rings. The molecule has 0 spiro atoms. The molecule has 1 aromatic rings. The third kappa shape index (κ3) is 3.30. The van der Waals surface area contributed by atoms with Crippen molar-refractivity contribution in [3.8, 4) is 0 Å². The molecule has 1 nitrogen and oxygen atoms in total. The second-order valence-electron chi connectivity index (χ2n) is 3.30. The fourth-order valence-electron chi connectivity index (χ4n) is 1.19. The standard InChI is InChI=1S/C11H16BrNS/c1-4-14-10-7-5-9(6-8-10)11(12)13(2)3/h5-8,11H,4H2,1-3H3. The van der Waals surface area contributed by atoms with E-state index in [2.05, 4.69) is 66.1 Å². The largest absolute Gasteiger partial charge is 0.293 e. The van der Waals surface area contributed by atoms with Gasteiger partial charge in [-0.3, -0.25) is 4.90 Å². The Labute approximate surface area is 99.0 Å². The van der Waals surface area contributed by atoms with E-state index in [1.54, 1.807) is 0 Å². The van der Waals surface area contributed by atoms with Crippen molar-refractivity contribution in [2.24, 2.45) is 0 Å². The monoisotopic (exact) mass is 273 g/mol. The third-order valence-electron chi connectivity index (χ3n) is 1.92. The molecule has 0 radical (unpaired) electrons. The van der Waals surface area contributed by atoms with Crippen molar-refractivity contribution < 1.29 is 0 Å². The van der Waals surface area contributed by atoms with Crippen molar-refractivity contribution in [1.82, 2.24) is 4.90 Å². The lowest BCUT2D eigenvalue weighted by atomic mass is 10.2. The number of hydrogen-bond donors (Lipinski definition) is 0. The van der Waals surface area contributed by atoms with Crippen LogP contribution in [0.4, 0.5) is 0 Å².